The van der Waals surface area contributed by atoms with Gasteiger partial charge in [0.1, 0.15) is 0 Å². The molecule has 14 heavy (non-hydrogen) atoms. The third-order valence-electron chi connectivity index (χ3n) is 3.48. The summed E-state index contributed by atoms with van der Waals surface area (Å²) in [6, 6.07) is 0. The molecule has 4 heteroatoms. The maximum absolute atomic E-state index is 10.3. The van der Waals surface area contributed by atoms with Crippen LogP contribution in [0.4, 0.5) is 4.79 Å². The second-order valence-corrected chi connectivity index (χ2v) is 4.40. The number of hydrogen-bond acceptors (Lipinski definition) is 2. The fourth-order valence-electron chi connectivity index (χ4n) is 2.51. The summed E-state index contributed by atoms with van der Waals surface area (Å²) in [7, 11) is 0. The Morgan fingerprint density at radius 1 is 1.36 bits per heavy atom. The fourth-order valence-corrected chi connectivity index (χ4v) is 2.51. The van der Waals surface area contributed by atoms with Crippen molar-refractivity contribution in [3.8, 4) is 0 Å². The molecule has 0 radical (unpaired) electrons. The maximum atomic E-state index is 10.3. The van der Waals surface area contributed by atoms with Crippen LogP contribution < -0.4 is 5.32 Å². The summed E-state index contributed by atoms with van der Waals surface area (Å²) in [5.41, 5.74) is 0.485. The number of amides is 1. The van der Waals surface area contributed by atoms with Gasteiger partial charge in [-0.2, -0.15) is 0 Å². The van der Waals surface area contributed by atoms with E-state index in [9.17, 15) is 4.79 Å². The Morgan fingerprint density at radius 3 is 2.79 bits per heavy atom. The van der Waals surface area contributed by atoms with Gasteiger partial charge in [-0.3, -0.25) is 4.90 Å². The molecule has 2 rings (SSSR count). The molecule has 1 saturated heterocycles. The first-order chi connectivity index (χ1) is 6.73. The van der Waals surface area contributed by atoms with E-state index in [0.717, 1.165) is 13.1 Å². The van der Waals surface area contributed by atoms with Crippen LogP contribution in [0.3, 0.4) is 0 Å². The van der Waals surface area contributed by atoms with E-state index in [0.29, 0.717) is 12.1 Å². The molecule has 0 aromatic carbocycles. The van der Waals surface area contributed by atoms with Crippen molar-refractivity contribution in [2.75, 3.05) is 19.6 Å². The summed E-state index contributed by atoms with van der Waals surface area (Å²) in [4.78, 5) is 12.8. The molecule has 80 valence electrons. The minimum Gasteiger partial charge on any atom is -0.465 e. The van der Waals surface area contributed by atoms with E-state index in [1.54, 1.807) is 0 Å². The number of hydrogen-bond donors (Lipinski definition) is 2. The van der Waals surface area contributed by atoms with E-state index in [1.807, 2.05) is 0 Å². The van der Waals surface area contributed by atoms with Crippen LogP contribution in [0.25, 0.3) is 0 Å². The Hall–Kier alpha value is -0.770. The van der Waals surface area contributed by atoms with Crippen molar-refractivity contribution in [1.29, 1.82) is 0 Å². The van der Waals surface area contributed by atoms with Crippen LogP contribution in [0, 0.1) is 0 Å². The minimum atomic E-state index is -0.910. The molecule has 1 saturated carbocycles. The van der Waals surface area contributed by atoms with Crippen LogP contribution >= 0.6 is 0 Å². The van der Waals surface area contributed by atoms with Crippen LogP contribution in [0.15, 0.2) is 0 Å². The molecular formula is C10H18N2O2. The largest absolute Gasteiger partial charge is 0.465 e. The average Bonchev–Trinajstić information content (AvgIpc) is 2.89. The molecule has 0 bridgehead atoms. The van der Waals surface area contributed by atoms with E-state index in [2.05, 4.69) is 10.2 Å². The lowest BCUT2D eigenvalue weighted by Crippen LogP contribution is -2.45. The highest BCUT2D eigenvalue weighted by atomic mass is 16.4. The van der Waals surface area contributed by atoms with Gasteiger partial charge >= 0.3 is 6.09 Å². The summed E-state index contributed by atoms with van der Waals surface area (Å²) < 4.78 is 0. The third kappa shape index (κ3) is 2.00. The predicted molar refractivity (Wildman–Crippen MR) is 53.4 cm³/mol. The van der Waals surface area contributed by atoms with Crippen LogP contribution in [0.5, 0.6) is 0 Å². The second kappa shape index (κ2) is 3.77. The van der Waals surface area contributed by atoms with E-state index < -0.39 is 6.09 Å². The first-order valence-corrected chi connectivity index (χ1v) is 5.45. The van der Waals surface area contributed by atoms with Gasteiger partial charge in [0.15, 0.2) is 0 Å². The van der Waals surface area contributed by atoms with Crippen molar-refractivity contribution in [2.24, 2.45) is 0 Å². The Kier molecular flexibility index (Phi) is 2.63. The van der Waals surface area contributed by atoms with Crippen LogP contribution in [0.2, 0.25) is 0 Å². The summed E-state index contributed by atoms with van der Waals surface area (Å²) in [6.07, 6.45) is 5.67. The molecule has 0 aromatic rings. The molecule has 0 unspecified atom stereocenters. The molecule has 0 atom stereocenters. The van der Waals surface area contributed by atoms with Gasteiger partial charge in [-0.25, -0.2) is 4.79 Å². The molecule has 2 fully saturated rings. The first kappa shape index (κ1) is 9.77. The number of rotatable bonds is 3. The van der Waals surface area contributed by atoms with E-state index >= 15 is 0 Å². The van der Waals surface area contributed by atoms with Crippen molar-refractivity contribution in [3.05, 3.63) is 0 Å². The normalized spacial score (nSPS) is 24.9. The zero-order valence-electron chi connectivity index (χ0n) is 8.46. The third-order valence-corrected chi connectivity index (χ3v) is 3.48. The molecule has 4 nitrogen and oxygen atoms in total. The van der Waals surface area contributed by atoms with Gasteiger partial charge in [-0.15, -0.1) is 0 Å². The van der Waals surface area contributed by atoms with E-state index in [1.165, 1.54) is 32.1 Å². The summed E-state index contributed by atoms with van der Waals surface area (Å²) in [5.74, 6) is 0. The highest BCUT2D eigenvalue weighted by Crippen LogP contribution is 2.47. The molecule has 1 spiro atoms. The number of piperidine rings is 1. The van der Waals surface area contributed by atoms with Crippen molar-refractivity contribution < 1.29 is 9.90 Å². The monoisotopic (exact) mass is 198 g/mol. The zero-order valence-corrected chi connectivity index (χ0v) is 8.46. The smallest absolute Gasteiger partial charge is 0.404 e. The quantitative estimate of drug-likeness (QED) is 0.718. The Bertz CT molecular complexity index is 226. The molecule has 2 N–H and O–H groups in total. The number of nitrogens with one attached hydrogen (secondary N) is 1. The lowest BCUT2D eigenvalue weighted by Gasteiger charge is -2.36. The average molecular weight is 198 g/mol. The SMILES string of the molecule is O=C(O)NCCN1CCCCC12CC2. The molecule has 1 amide bonds. The molecule has 1 aliphatic carbocycles. The van der Waals surface area contributed by atoms with Gasteiger partial charge in [-0.05, 0) is 32.2 Å². The van der Waals surface area contributed by atoms with Crippen molar-refractivity contribution >= 4 is 6.09 Å². The molecule has 1 heterocycles. The summed E-state index contributed by atoms with van der Waals surface area (Å²) in [5, 5.41) is 10.9. The second-order valence-electron chi connectivity index (χ2n) is 4.40. The van der Waals surface area contributed by atoms with Crippen LogP contribution in [0.1, 0.15) is 32.1 Å². The first-order valence-electron chi connectivity index (χ1n) is 5.45. The lowest BCUT2D eigenvalue weighted by molar-refractivity contribution is 0.128. The van der Waals surface area contributed by atoms with Gasteiger partial charge in [0.2, 0.25) is 0 Å². The molecule has 1 aliphatic heterocycles. The number of nitrogens with zero attached hydrogens (tertiary/aromatic N) is 1. The Morgan fingerprint density at radius 2 is 2.14 bits per heavy atom. The van der Waals surface area contributed by atoms with Crippen LogP contribution in [-0.4, -0.2) is 41.3 Å². The molecule has 2 aliphatic rings. The van der Waals surface area contributed by atoms with Crippen molar-refractivity contribution in [2.45, 2.75) is 37.6 Å². The van der Waals surface area contributed by atoms with Gasteiger partial charge in [0.25, 0.3) is 0 Å². The summed E-state index contributed by atoms with van der Waals surface area (Å²) >= 11 is 0. The van der Waals surface area contributed by atoms with E-state index in [4.69, 9.17) is 5.11 Å². The molecule has 0 aromatic heterocycles. The van der Waals surface area contributed by atoms with Crippen LogP contribution in [-0.2, 0) is 0 Å². The van der Waals surface area contributed by atoms with Gasteiger partial charge < -0.3 is 10.4 Å². The highest BCUT2D eigenvalue weighted by molar-refractivity contribution is 5.64. The molecular weight excluding hydrogens is 180 g/mol. The van der Waals surface area contributed by atoms with Crippen molar-refractivity contribution in [3.63, 3.8) is 0 Å². The number of carbonyl (C=O) groups is 1. The maximum Gasteiger partial charge on any atom is 0.404 e. The number of carboxylic acid groups (broad SMARTS) is 1. The summed E-state index contributed by atoms with van der Waals surface area (Å²) in [6.45, 7) is 2.60. The highest BCUT2D eigenvalue weighted by Gasteiger charge is 2.48. The standard InChI is InChI=1S/C10H18N2O2/c13-9(14)11-6-8-12-7-2-1-3-10(12)4-5-10/h11H,1-8H2,(H,13,14). The zero-order chi connectivity index (χ0) is 10.0. The van der Waals surface area contributed by atoms with Crippen molar-refractivity contribution in [1.82, 2.24) is 10.2 Å². The lowest BCUT2D eigenvalue weighted by atomic mass is 10.0. The fraction of sp³-hybridized carbons (Fsp3) is 0.900. The van der Waals surface area contributed by atoms with Gasteiger partial charge in [0.05, 0.1) is 0 Å². The van der Waals surface area contributed by atoms with Gasteiger partial charge in [-0.1, -0.05) is 6.42 Å². The van der Waals surface area contributed by atoms with Gasteiger partial charge in [0, 0.05) is 18.6 Å². The minimum absolute atomic E-state index is 0.485. The predicted octanol–water partition coefficient (Wildman–Crippen LogP) is 1.27. The Labute approximate surface area is 84.3 Å². The number of likely N-dealkylation sites (tertiary alicyclic amines) is 1. The van der Waals surface area contributed by atoms with E-state index in [-0.39, 0.29) is 0 Å². The topological polar surface area (TPSA) is 52.6 Å². The Balaban J connectivity index is 1.75.